The zero-order chi connectivity index (χ0) is 10.1. The molecule has 0 bridgehead atoms. The Kier molecular flexibility index (Phi) is 2.95. The van der Waals surface area contributed by atoms with Gasteiger partial charge in [0.15, 0.2) is 9.84 Å². The molecule has 2 unspecified atom stereocenters. The summed E-state index contributed by atoms with van der Waals surface area (Å²) >= 11 is 0. The number of carbonyl (C=O) groups is 1. The molecule has 5 heteroatoms. The normalized spacial score (nSPS) is 29.9. The first kappa shape index (κ1) is 10.5. The molecule has 1 aliphatic rings. The number of sulfone groups is 1. The van der Waals surface area contributed by atoms with Crippen LogP contribution in [0.2, 0.25) is 0 Å². The first-order chi connectivity index (χ1) is 5.93. The second-order valence-corrected chi connectivity index (χ2v) is 5.86. The lowest BCUT2D eigenvalue weighted by Gasteiger charge is -2.26. The molecule has 4 nitrogen and oxygen atoms in total. The van der Waals surface area contributed by atoms with Crippen LogP contribution in [0, 0.1) is 5.92 Å². The summed E-state index contributed by atoms with van der Waals surface area (Å²) in [6.07, 6.45) is 3.76. The SMILES string of the molecule is CS(=O)(=O)C1CCCCC1C(=O)O. The summed E-state index contributed by atoms with van der Waals surface area (Å²) in [5, 5.41) is 8.14. The average molecular weight is 206 g/mol. The second-order valence-electron chi connectivity index (χ2n) is 3.60. The van der Waals surface area contributed by atoms with Gasteiger partial charge in [0.25, 0.3) is 0 Å². The maximum atomic E-state index is 11.2. The van der Waals surface area contributed by atoms with Crippen LogP contribution in [-0.4, -0.2) is 31.0 Å². The van der Waals surface area contributed by atoms with Crippen molar-refractivity contribution in [1.82, 2.24) is 0 Å². The number of hydrogen-bond donors (Lipinski definition) is 1. The fourth-order valence-electron chi connectivity index (χ4n) is 1.89. The minimum absolute atomic E-state index is 0.493. The Hall–Kier alpha value is -0.580. The van der Waals surface area contributed by atoms with Crippen LogP contribution in [0.1, 0.15) is 25.7 Å². The standard InChI is InChI=1S/C8H14O4S/c1-13(11,12)7-5-3-2-4-6(7)8(9)10/h6-7H,2-5H2,1H3,(H,9,10). The van der Waals surface area contributed by atoms with Crippen molar-refractivity contribution in [2.75, 3.05) is 6.26 Å². The number of carboxylic acids is 1. The smallest absolute Gasteiger partial charge is 0.307 e. The largest absolute Gasteiger partial charge is 0.481 e. The molecule has 13 heavy (non-hydrogen) atoms. The van der Waals surface area contributed by atoms with Crippen molar-refractivity contribution in [3.8, 4) is 0 Å². The Morgan fingerprint density at radius 3 is 2.23 bits per heavy atom. The van der Waals surface area contributed by atoms with E-state index in [-0.39, 0.29) is 0 Å². The predicted molar refractivity (Wildman–Crippen MR) is 48.2 cm³/mol. The van der Waals surface area contributed by atoms with E-state index in [2.05, 4.69) is 0 Å². The Bertz CT molecular complexity index is 293. The molecular formula is C8H14O4S. The summed E-state index contributed by atoms with van der Waals surface area (Å²) in [6, 6.07) is 0. The van der Waals surface area contributed by atoms with E-state index in [4.69, 9.17) is 5.11 Å². The minimum Gasteiger partial charge on any atom is -0.481 e. The molecule has 0 aromatic heterocycles. The van der Waals surface area contributed by atoms with Crippen molar-refractivity contribution in [2.24, 2.45) is 5.92 Å². The monoisotopic (exact) mass is 206 g/mol. The van der Waals surface area contributed by atoms with E-state index in [0.29, 0.717) is 12.8 Å². The molecule has 0 heterocycles. The first-order valence-electron chi connectivity index (χ1n) is 4.34. The highest BCUT2D eigenvalue weighted by Crippen LogP contribution is 2.29. The van der Waals surface area contributed by atoms with Gasteiger partial charge in [-0.1, -0.05) is 12.8 Å². The lowest BCUT2D eigenvalue weighted by Crippen LogP contribution is -2.36. The summed E-state index contributed by atoms with van der Waals surface area (Å²) in [4.78, 5) is 10.7. The van der Waals surface area contributed by atoms with Crippen LogP contribution in [0.5, 0.6) is 0 Å². The van der Waals surface area contributed by atoms with Gasteiger partial charge in [0.05, 0.1) is 11.2 Å². The van der Waals surface area contributed by atoms with Crippen molar-refractivity contribution in [3.05, 3.63) is 0 Å². The number of hydrogen-bond acceptors (Lipinski definition) is 3. The Labute approximate surface area is 77.9 Å². The molecule has 0 aliphatic heterocycles. The van der Waals surface area contributed by atoms with Gasteiger partial charge in [-0.3, -0.25) is 4.79 Å². The molecule has 0 spiro atoms. The lowest BCUT2D eigenvalue weighted by atomic mass is 9.89. The van der Waals surface area contributed by atoms with Gasteiger partial charge in [-0.05, 0) is 12.8 Å². The highest BCUT2D eigenvalue weighted by Gasteiger charge is 2.37. The molecule has 1 rings (SSSR count). The Balaban J connectivity index is 2.86. The van der Waals surface area contributed by atoms with Crippen LogP contribution in [0.4, 0.5) is 0 Å². The molecule has 1 fully saturated rings. The van der Waals surface area contributed by atoms with Crippen molar-refractivity contribution < 1.29 is 18.3 Å². The Morgan fingerprint density at radius 2 is 1.85 bits per heavy atom. The maximum absolute atomic E-state index is 11.2. The Morgan fingerprint density at radius 1 is 1.31 bits per heavy atom. The van der Waals surface area contributed by atoms with Crippen LogP contribution in [0.3, 0.4) is 0 Å². The summed E-state index contributed by atoms with van der Waals surface area (Å²) in [7, 11) is -3.20. The maximum Gasteiger partial charge on any atom is 0.307 e. The fraction of sp³-hybridized carbons (Fsp3) is 0.875. The lowest BCUT2D eigenvalue weighted by molar-refractivity contribution is -0.142. The topological polar surface area (TPSA) is 71.4 Å². The third-order valence-electron chi connectivity index (χ3n) is 2.57. The van der Waals surface area contributed by atoms with E-state index in [1.807, 2.05) is 0 Å². The van der Waals surface area contributed by atoms with E-state index in [1.165, 1.54) is 0 Å². The average Bonchev–Trinajstić information content (AvgIpc) is 2.03. The zero-order valence-electron chi connectivity index (χ0n) is 7.56. The third-order valence-corrected chi connectivity index (χ3v) is 4.23. The second kappa shape index (κ2) is 3.65. The first-order valence-corrected chi connectivity index (χ1v) is 6.30. The van der Waals surface area contributed by atoms with Crippen LogP contribution >= 0.6 is 0 Å². The van der Waals surface area contributed by atoms with Crippen molar-refractivity contribution in [3.63, 3.8) is 0 Å². The molecule has 2 atom stereocenters. The minimum atomic E-state index is -3.20. The van der Waals surface area contributed by atoms with E-state index in [0.717, 1.165) is 19.1 Å². The van der Waals surface area contributed by atoms with Crippen molar-refractivity contribution >= 4 is 15.8 Å². The van der Waals surface area contributed by atoms with Gasteiger partial charge in [0.1, 0.15) is 0 Å². The molecule has 0 amide bonds. The summed E-state index contributed by atoms with van der Waals surface area (Å²) < 4.78 is 22.5. The highest BCUT2D eigenvalue weighted by atomic mass is 32.2. The van der Waals surface area contributed by atoms with Gasteiger partial charge >= 0.3 is 5.97 Å². The van der Waals surface area contributed by atoms with Gasteiger partial charge in [-0.25, -0.2) is 8.42 Å². The van der Waals surface area contributed by atoms with E-state index in [1.54, 1.807) is 0 Å². The molecule has 0 aromatic rings. The molecule has 0 radical (unpaired) electrons. The molecule has 76 valence electrons. The zero-order valence-corrected chi connectivity index (χ0v) is 8.38. The van der Waals surface area contributed by atoms with Gasteiger partial charge in [-0.2, -0.15) is 0 Å². The predicted octanol–water partition coefficient (Wildman–Crippen LogP) is 0.674. The third kappa shape index (κ3) is 2.43. The van der Waals surface area contributed by atoms with Crippen LogP contribution in [-0.2, 0) is 14.6 Å². The van der Waals surface area contributed by atoms with E-state index in [9.17, 15) is 13.2 Å². The van der Waals surface area contributed by atoms with Gasteiger partial charge in [-0.15, -0.1) is 0 Å². The van der Waals surface area contributed by atoms with E-state index < -0.39 is 27.0 Å². The van der Waals surface area contributed by atoms with Gasteiger partial charge in [0, 0.05) is 6.26 Å². The summed E-state index contributed by atoms with van der Waals surface area (Å²) in [5.41, 5.74) is 0. The fourth-order valence-corrected chi connectivity index (χ4v) is 3.34. The number of carboxylic acid groups (broad SMARTS) is 1. The molecular weight excluding hydrogens is 192 g/mol. The summed E-state index contributed by atoms with van der Waals surface area (Å²) in [5.74, 6) is -1.67. The van der Waals surface area contributed by atoms with Crippen LogP contribution in [0.15, 0.2) is 0 Å². The van der Waals surface area contributed by atoms with E-state index >= 15 is 0 Å². The van der Waals surface area contributed by atoms with Crippen molar-refractivity contribution in [1.29, 1.82) is 0 Å². The number of rotatable bonds is 2. The molecule has 0 saturated heterocycles. The van der Waals surface area contributed by atoms with Crippen molar-refractivity contribution in [2.45, 2.75) is 30.9 Å². The molecule has 1 aliphatic carbocycles. The molecule has 1 saturated carbocycles. The van der Waals surface area contributed by atoms with Crippen LogP contribution < -0.4 is 0 Å². The summed E-state index contributed by atoms with van der Waals surface area (Å²) in [6.45, 7) is 0. The van der Waals surface area contributed by atoms with Crippen LogP contribution in [0.25, 0.3) is 0 Å². The number of aliphatic carboxylic acids is 1. The quantitative estimate of drug-likeness (QED) is 0.721. The molecule has 1 N–H and O–H groups in total. The van der Waals surface area contributed by atoms with Gasteiger partial charge in [0.2, 0.25) is 0 Å². The van der Waals surface area contributed by atoms with Gasteiger partial charge < -0.3 is 5.11 Å². The molecule has 0 aromatic carbocycles. The highest BCUT2D eigenvalue weighted by molar-refractivity contribution is 7.91.